The largest absolute Gasteiger partial charge is 0.103 e. The molecule has 86 valence electrons. The highest BCUT2D eigenvalue weighted by molar-refractivity contribution is 5.12. The molecule has 0 saturated heterocycles. The van der Waals surface area contributed by atoms with Gasteiger partial charge in [0.05, 0.1) is 0 Å². The van der Waals surface area contributed by atoms with Crippen molar-refractivity contribution in [2.24, 2.45) is 0 Å². The molecule has 0 heterocycles. The van der Waals surface area contributed by atoms with Gasteiger partial charge in [-0.3, -0.25) is 0 Å². The molecule has 0 aromatic carbocycles. The minimum atomic E-state index is 0.997. The van der Waals surface area contributed by atoms with Gasteiger partial charge in [-0.25, -0.2) is 0 Å². The molecular weight excluding hydrogens is 192 g/mol. The Morgan fingerprint density at radius 3 is 1.50 bits per heavy atom. The summed E-state index contributed by atoms with van der Waals surface area (Å²) < 4.78 is 0. The van der Waals surface area contributed by atoms with E-state index in [1.165, 1.54) is 0 Å². The molecule has 2 aliphatic carbocycles. The summed E-state index contributed by atoms with van der Waals surface area (Å²) in [5.41, 5.74) is 0. The highest BCUT2D eigenvalue weighted by atomic mass is 13.8. The van der Waals surface area contributed by atoms with Crippen molar-refractivity contribution >= 4 is 0 Å². The van der Waals surface area contributed by atoms with Crippen molar-refractivity contribution in [1.82, 2.24) is 0 Å². The van der Waals surface area contributed by atoms with Crippen molar-refractivity contribution in [2.75, 3.05) is 0 Å². The molecule has 0 aromatic heterocycles. The summed E-state index contributed by atoms with van der Waals surface area (Å²) in [6.07, 6.45) is 25.9. The molecule has 0 bridgehead atoms. The van der Waals surface area contributed by atoms with Crippen LogP contribution in [0.2, 0.25) is 0 Å². The maximum atomic E-state index is 3.55. The average Bonchev–Trinajstić information content (AvgIpc) is 3.00. The van der Waals surface area contributed by atoms with Gasteiger partial charge in [0, 0.05) is 0 Å². The highest BCUT2D eigenvalue weighted by Gasteiger charge is 1.72. The van der Waals surface area contributed by atoms with Gasteiger partial charge in [0.25, 0.3) is 0 Å². The van der Waals surface area contributed by atoms with Crippen LogP contribution in [0.15, 0.2) is 73.4 Å². The Balaban J connectivity index is 0.000000211. The van der Waals surface area contributed by atoms with E-state index in [0.29, 0.717) is 0 Å². The van der Waals surface area contributed by atoms with Gasteiger partial charge in [0.1, 0.15) is 0 Å². The fraction of sp³-hybridized carbons (Fsp3) is 0.250. The van der Waals surface area contributed by atoms with Crippen molar-refractivity contribution in [2.45, 2.75) is 26.2 Å². The minimum absolute atomic E-state index is 0.997. The van der Waals surface area contributed by atoms with E-state index in [0.717, 1.165) is 19.3 Å². The Labute approximate surface area is 100 Å². The normalized spacial score (nSPS) is 14.6. The Morgan fingerprint density at radius 2 is 1.38 bits per heavy atom. The molecule has 0 N–H and O–H groups in total. The van der Waals surface area contributed by atoms with Gasteiger partial charge in [-0.05, 0) is 26.2 Å². The van der Waals surface area contributed by atoms with Crippen molar-refractivity contribution in [3.63, 3.8) is 0 Å². The summed E-state index contributed by atoms with van der Waals surface area (Å²) in [5, 5.41) is 0. The standard InChI is InChI=1S/C6H10.2C5H6/c1-3-5-6-4-2;2*1-2-4-5-3-1/h3-4,6H,1,5H2,2H3;2*1-4H,5H2. The van der Waals surface area contributed by atoms with Crippen molar-refractivity contribution in [3.8, 4) is 0 Å². The molecular formula is C16H22. The summed E-state index contributed by atoms with van der Waals surface area (Å²) in [6.45, 7) is 5.55. The summed E-state index contributed by atoms with van der Waals surface area (Å²) >= 11 is 0. The molecule has 0 amide bonds. The van der Waals surface area contributed by atoms with Crippen LogP contribution in [0.1, 0.15) is 26.2 Å². The Hall–Kier alpha value is -1.56. The molecule has 2 rings (SSSR count). The van der Waals surface area contributed by atoms with E-state index in [9.17, 15) is 0 Å². The highest BCUT2D eigenvalue weighted by Crippen LogP contribution is 1.93. The molecule has 2 aliphatic rings. The summed E-state index contributed by atoms with van der Waals surface area (Å²) in [5.74, 6) is 0. The van der Waals surface area contributed by atoms with Gasteiger partial charge < -0.3 is 0 Å². The van der Waals surface area contributed by atoms with Crippen LogP contribution in [-0.2, 0) is 0 Å². The first-order chi connectivity index (χ1) is 7.91. The minimum Gasteiger partial charge on any atom is -0.103 e. The maximum Gasteiger partial charge on any atom is -0.0163 e. The first-order valence-electron chi connectivity index (χ1n) is 5.77. The molecule has 0 fully saturated rings. The van der Waals surface area contributed by atoms with Gasteiger partial charge in [-0.15, -0.1) is 6.58 Å². The Bertz CT molecular complexity index is 243. The fourth-order valence-corrected chi connectivity index (χ4v) is 1.02. The molecule has 0 atom stereocenters. The molecule has 0 unspecified atom stereocenters. The lowest BCUT2D eigenvalue weighted by atomic mass is 10.4. The lowest BCUT2D eigenvalue weighted by molar-refractivity contribution is 1.39. The van der Waals surface area contributed by atoms with Crippen LogP contribution < -0.4 is 0 Å². The van der Waals surface area contributed by atoms with Crippen molar-refractivity contribution < 1.29 is 0 Å². The monoisotopic (exact) mass is 214 g/mol. The van der Waals surface area contributed by atoms with E-state index < -0.39 is 0 Å². The lowest BCUT2D eigenvalue weighted by Crippen LogP contribution is -1.48. The van der Waals surface area contributed by atoms with Gasteiger partial charge in [-0.2, -0.15) is 0 Å². The van der Waals surface area contributed by atoms with Crippen LogP contribution >= 0.6 is 0 Å². The van der Waals surface area contributed by atoms with E-state index in [2.05, 4.69) is 61.3 Å². The molecule has 0 aliphatic heterocycles. The summed E-state index contributed by atoms with van der Waals surface area (Å²) in [7, 11) is 0. The first kappa shape index (κ1) is 14.4. The van der Waals surface area contributed by atoms with Crippen LogP contribution in [-0.4, -0.2) is 0 Å². The van der Waals surface area contributed by atoms with E-state index in [1.807, 2.05) is 19.1 Å². The lowest BCUT2D eigenvalue weighted by Gasteiger charge is -1.69. The predicted molar refractivity (Wildman–Crippen MR) is 75.4 cm³/mol. The van der Waals surface area contributed by atoms with E-state index in [1.54, 1.807) is 0 Å². The van der Waals surface area contributed by atoms with Crippen LogP contribution in [0, 0.1) is 0 Å². The van der Waals surface area contributed by atoms with Gasteiger partial charge in [0.15, 0.2) is 0 Å². The number of allylic oxidation sites excluding steroid dienone is 11. The molecule has 0 radical (unpaired) electrons. The first-order valence-corrected chi connectivity index (χ1v) is 5.77. The molecule has 0 saturated carbocycles. The van der Waals surface area contributed by atoms with E-state index in [4.69, 9.17) is 0 Å². The van der Waals surface area contributed by atoms with Crippen LogP contribution in [0.25, 0.3) is 0 Å². The molecule has 0 heteroatoms. The van der Waals surface area contributed by atoms with Crippen LogP contribution in [0.3, 0.4) is 0 Å². The second kappa shape index (κ2) is 13.4. The van der Waals surface area contributed by atoms with Crippen molar-refractivity contribution in [1.29, 1.82) is 0 Å². The van der Waals surface area contributed by atoms with E-state index >= 15 is 0 Å². The second-order valence-electron chi connectivity index (χ2n) is 3.28. The van der Waals surface area contributed by atoms with Gasteiger partial charge in [-0.1, -0.05) is 66.8 Å². The molecule has 0 spiro atoms. The smallest absolute Gasteiger partial charge is 0.0163 e. The van der Waals surface area contributed by atoms with Crippen LogP contribution in [0.4, 0.5) is 0 Å². The third kappa shape index (κ3) is 12.4. The number of hydrogen-bond acceptors (Lipinski definition) is 0. The quantitative estimate of drug-likeness (QED) is 0.558. The third-order valence-corrected chi connectivity index (χ3v) is 1.85. The van der Waals surface area contributed by atoms with Crippen molar-refractivity contribution in [3.05, 3.63) is 73.4 Å². The second-order valence-corrected chi connectivity index (χ2v) is 3.28. The number of rotatable bonds is 2. The summed E-state index contributed by atoms with van der Waals surface area (Å²) in [6, 6.07) is 0. The Morgan fingerprint density at radius 1 is 0.938 bits per heavy atom. The van der Waals surface area contributed by atoms with Gasteiger partial charge >= 0.3 is 0 Å². The zero-order valence-electron chi connectivity index (χ0n) is 10.2. The topological polar surface area (TPSA) is 0 Å². The fourth-order valence-electron chi connectivity index (χ4n) is 1.02. The molecule has 16 heavy (non-hydrogen) atoms. The molecule has 0 nitrogen and oxygen atoms in total. The third-order valence-electron chi connectivity index (χ3n) is 1.85. The Kier molecular flexibility index (Phi) is 12.1. The number of hydrogen-bond donors (Lipinski definition) is 0. The van der Waals surface area contributed by atoms with Gasteiger partial charge in [0.2, 0.25) is 0 Å². The zero-order valence-corrected chi connectivity index (χ0v) is 10.2. The summed E-state index contributed by atoms with van der Waals surface area (Å²) in [4.78, 5) is 0. The van der Waals surface area contributed by atoms with E-state index in [-0.39, 0.29) is 0 Å². The predicted octanol–water partition coefficient (Wildman–Crippen LogP) is 5.14. The maximum absolute atomic E-state index is 3.55. The van der Waals surface area contributed by atoms with Crippen LogP contribution in [0.5, 0.6) is 0 Å². The zero-order chi connectivity index (χ0) is 11.9. The molecule has 0 aromatic rings. The SMILES string of the molecule is C1=CCC=C1.C1=CCC=C1.C=CCC=CC. The average molecular weight is 214 g/mol.